The van der Waals surface area contributed by atoms with Gasteiger partial charge in [-0.05, 0) is 44.0 Å². The van der Waals surface area contributed by atoms with E-state index in [0.29, 0.717) is 38.3 Å². The quantitative estimate of drug-likeness (QED) is 0.796. The monoisotopic (exact) mass is 334 g/mol. The summed E-state index contributed by atoms with van der Waals surface area (Å²) in [4.78, 5) is 27.6. The first kappa shape index (κ1) is 18.1. The number of carbonyl (C=O) groups is 2. The Morgan fingerprint density at radius 3 is 2.12 bits per heavy atom. The average Bonchev–Trinajstić information content (AvgIpc) is 2.60. The Kier molecular flexibility index (Phi) is 6.46. The number of rotatable bonds is 6. The van der Waals surface area contributed by atoms with Crippen molar-refractivity contribution in [3.8, 4) is 11.5 Å². The fraction of sp³-hybridized carbons (Fsp3) is 0.556. The van der Waals surface area contributed by atoms with Crippen LogP contribution in [-0.4, -0.2) is 62.0 Å². The molecule has 0 saturated carbocycles. The van der Waals surface area contributed by atoms with Crippen LogP contribution in [0.2, 0.25) is 0 Å². The lowest BCUT2D eigenvalue weighted by atomic mass is 9.95. The number of likely N-dealkylation sites (tertiary alicyclic amines) is 1. The number of nitrogens with zero attached hydrogens (tertiary/aromatic N) is 2. The zero-order valence-electron chi connectivity index (χ0n) is 14.7. The SMILES string of the molecule is CCOc1ccc(OCC(=O)N2CCC(C(=O)N(C)C)CC2)cc1. The van der Waals surface area contributed by atoms with Crippen molar-refractivity contribution in [2.45, 2.75) is 19.8 Å². The van der Waals surface area contributed by atoms with Gasteiger partial charge in [0.05, 0.1) is 6.61 Å². The molecule has 6 heteroatoms. The average molecular weight is 334 g/mol. The zero-order valence-corrected chi connectivity index (χ0v) is 14.7. The smallest absolute Gasteiger partial charge is 0.260 e. The molecule has 0 atom stereocenters. The van der Waals surface area contributed by atoms with Gasteiger partial charge in [-0.1, -0.05) is 0 Å². The molecule has 0 spiro atoms. The van der Waals surface area contributed by atoms with Gasteiger partial charge in [0.15, 0.2) is 6.61 Å². The third-order valence-electron chi connectivity index (χ3n) is 4.13. The van der Waals surface area contributed by atoms with Crippen molar-refractivity contribution >= 4 is 11.8 Å². The molecule has 1 aromatic carbocycles. The van der Waals surface area contributed by atoms with Crippen molar-refractivity contribution in [1.29, 1.82) is 0 Å². The lowest BCUT2D eigenvalue weighted by Gasteiger charge is -2.32. The van der Waals surface area contributed by atoms with Crippen molar-refractivity contribution in [2.24, 2.45) is 5.92 Å². The van der Waals surface area contributed by atoms with Gasteiger partial charge in [0, 0.05) is 33.1 Å². The molecular formula is C18H26N2O4. The van der Waals surface area contributed by atoms with E-state index in [1.807, 2.05) is 19.1 Å². The molecule has 2 amide bonds. The Morgan fingerprint density at radius 2 is 1.62 bits per heavy atom. The summed E-state index contributed by atoms with van der Waals surface area (Å²) in [6.07, 6.45) is 1.43. The summed E-state index contributed by atoms with van der Waals surface area (Å²) in [7, 11) is 3.54. The summed E-state index contributed by atoms with van der Waals surface area (Å²) in [6, 6.07) is 7.23. The van der Waals surface area contributed by atoms with Crippen LogP contribution in [0.1, 0.15) is 19.8 Å². The Balaban J connectivity index is 1.76. The number of hydrogen-bond donors (Lipinski definition) is 0. The Morgan fingerprint density at radius 1 is 1.08 bits per heavy atom. The number of piperidine rings is 1. The lowest BCUT2D eigenvalue weighted by molar-refractivity contribution is -0.140. The van der Waals surface area contributed by atoms with Crippen LogP contribution in [0.4, 0.5) is 0 Å². The van der Waals surface area contributed by atoms with Gasteiger partial charge in [-0.3, -0.25) is 9.59 Å². The van der Waals surface area contributed by atoms with Crippen LogP contribution >= 0.6 is 0 Å². The lowest BCUT2D eigenvalue weighted by Crippen LogP contribution is -2.44. The molecule has 0 N–H and O–H groups in total. The second-order valence-electron chi connectivity index (χ2n) is 6.08. The molecule has 1 heterocycles. The minimum absolute atomic E-state index is 0.0142. The molecule has 1 saturated heterocycles. The summed E-state index contributed by atoms with van der Waals surface area (Å²) in [5, 5.41) is 0. The Bertz CT molecular complexity index is 549. The maximum absolute atomic E-state index is 12.2. The second kappa shape index (κ2) is 8.57. The first-order chi connectivity index (χ1) is 11.5. The highest BCUT2D eigenvalue weighted by molar-refractivity contribution is 5.80. The highest BCUT2D eigenvalue weighted by Crippen LogP contribution is 2.20. The van der Waals surface area contributed by atoms with Crippen molar-refractivity contribution in [1.82, 2.24) is 9.80 Å². The fourth-order valence-electron chi connectivity index (χ4n) is 2.78. The topological polar surface area (TPSA) is 59.1 Å². The van der Waals surface area contributed by atoms with Crippen molar-refractivity contribution in [3.05, 3.63) is 24.3 Å². The number of benzene rings is 1. The van der Waals surface area contributed by atoms with Crippen LogP contribution < -0.4 is 9.47 Å². The Labute approximate surface area is 143 Å². The molecule has 2 rings (SSSR count). The minimum atomic E-state index is -0.0420. The standard InChI is InChI=1S/C18H26N2O4/c1-4-23-15-5-7-16(8-6-15)24-13-17(21)20-11-9-14(10-12-20)18(22)19(2)3/h5-8,14H,4,9-13H2,1-3H3. The molecule has 6 nitrogen and oxygen atoms in total. The van der Waals surface area contributed by atoms with Gasteiger partial charge in [-0.15, -0.1) is 0 Å². The molecule has 1 aromatic rings. The molecule has 0 aliphatic carbocycles. The first-order valence-electron chi connectivity index (χ1n) is 8.36. The molecule has 24 heavy (non-hydrogen) atoms. The number of hydrogen-bond acceptors (Lipinski definition) is 4. The van der Waals surface area contributed by atoms with E-state index in [0.717, 1.165) is 5.75 Å². The van der Waals surface area contributed by atoms with Crippen LogP contribution in [0.15, 0.2) is 24.3 Å². The fourth-order valence-corrected chi connectivity index (χ4v) is 2.78. The van der Waals surface area contributed by atoms with E-state index in [2.05, 4.69) is 0 Å². The molecule has 1 aliphatic rings. The van der Waals surface area contributed by atoms with Gasteiger partial charge in [-0.25, -0.2) is 0 Å². The predicted octanol–water partition coefficient (Wildman–Crippen LogP) is 1.79. The van der Waals surface area contributed by atoms with E-state index in [-0.39, 0.29) is 24.3 Å². The molecule has 132 valence electrons. The maximum atomic E-state index is 12.2. The number of amides is 2. The van der Waals surface area contributed by atoms with Gasteiger partial charge in [0.2, 0.25) is 5.91 Å². The van der Waals surface area contributed by atoms with Gasteiger partial charge in [0.25, 0.3) is 5.91 Å². The molecule has 0 bridgehead atoms. The minimum Gasteiger partial charge on any atom is -0.494 e. The summed E-state index contributed by atoms with van der Waals surface area (Å²) in [6.45, 7) is 3.77. The van der Waals surface area contributed by atoms with Crippen molar-refractivity contribution in [2.75, 3.05) is 40.4 Å². The van der Waals surface area contributed by atoms with Crippen LogP contribution in [0.5, 0.6) is 11.5 Å². The summed E-state index contributed by atoms with van der Waals surface area (Å²) in [5.41, 5.74) is 0. The molecule has 1 aliphatic heterocycles. The van der Waals surface area contributed by atoms with Crippen molar-refractivity contribution < 1.29 is 19.1 Å². The third-order valence-corrected chi connectivity index (χ3v) is 4.13. The van der Waals surface area contributed by atoms with Crippen LogP contribution in [0, 0.1) is 5.92 Å². The molecule has 1 fully saturated rings. The van der Waals surface area contributed by atoms with Gasteiger partial charge in [0.1, 0.15) is 11.5 Å². The van der Waals surface area contributed by atoms with Crippen LogP contribution in [0.25, 0.3) is 0 Å². The zero-order chi connectivity index (χ0) is 17.5. The highest BCUT2D eigenvalue weighted by Gasteiger charge is 2.28. The molecular weight excluding hydrogens is 308 g/mol. The third kappa shape index (κ3) is 4.88. The normalized spacial score (nSPS) is 15.0. The van der Waals surface area contributed by atoms with E-state index in [4.69, 9.17) is 9.47 Å². The largest absolute Gasteiger partial charge is 0.494 e. The van der Waals surface area contributed by atoms with E-state index in [1.54, 1.807) is 36.0 Å². The van der Waals surface area contributed by atoms with E-state index in [1.165, 1.54) is 0 Å². The van der Waals surface area contributed by atoms with Gasteiger partial charge < -0.3 is 19.3 Å². The van der Waals surface area contributed by atoms with Crippen molar-refractivity contribution in [3.63, 3.8) is 0 Å². The molecule has 0 radical (unpaired) electrons. The summed E-state index contributed by atoms with van der Waals surface area (Å²) < 4.78 is 10.9. The van der Waals surface area contributed by atoms with E-state index in [9.17, 15) is 9.59 Å². The molecule has 0 aromatic heterocycles. The van der Waals surface area contributed by atoms with Gasteiger partial charge in [-0.2, -0.15) is 0 Å². The van der Waals surface area contributed by atoms with E-state index >= 15 is 0 Å². The highest BCUT2D eigenvalue weighted by atomic mass is 16.5. The predicted molar refractivity (Wildman–Crippen MR) is 91.1 cm³/mol. The second-order valence-corrected chi connectivity index (χ2v) is 6.08. The number of ether oxygens (including phenoxy) is 2. The van der Waals surface area contributed by atoms with Gasteiger partial charge >= 0.3 is 0 Å². The number of carbonyl (C=O) groups excluding carboxylic acids is 2. The summed E-state index contributed by atoms with van der Waals surface area (Å²) >= 11 is 0. The molecule has 0 unspecified atom stereocenters. The van der Waals surface area contributed by atoms with Crippen LogP contribution in [-0.2, 0) is 9.59 Å². The first-order valence-corrected chi connectivity index (χ1v) is 8.36. The maximum Gasteiger partial charge on any atom is 0.260 e. The Hall–Kier alpha value is -2.24. The van der Waals surface area contributed by atoms with Crippen LogP contribution in [0.3, 0.4) is 0 Å². The van der Waals surface area contributed by atoms with E-state index < -0.39 is 0 Å². The summed E-state index contributed by atoms with van der Waals surface area (Å²) in [5.74, 6) is 1.55.